The largest absolute Gasteiger partial charge is 0.437 e. The third-order valence-corrected chi connectivity index (χ3v) is 6.92. The molecule has 2 aromatic rings. The van der Waals surface area contributed by atoms with Gasteiger partial charge in [0, 0.05) is 51.8 Å². The van der Waals surface area contributed by atoms with Gasteiger partial charge in [0.2, 0.25) is 17.5 Å². The number of Topliss-reactive ketones (excluding diaryl/α,β-unsaturated/α-hetero) is 1. The summed E-state index contributed by atoms with van der Waals surface area (Å²) in [5.41, 5.74) is -0.769. The number of oxazole rings is 1. The Balaban J connectivity index is 1.36. The highest BCUT2D eigenvalue weighted by atomic mass is 19.4. The van der Waals surface area contributed by atoms with Crippen LogP contribution in [-0.2, 0) is 17.4 Å². The molecule has 0 unspecified atom stereocenters. The number of piperidine rings is 2. The van der Waals surface area contributed by atoms with E-state index < -0.39 is 23.4 Å². The minimum Gasteiger partial charge on any atom is -0.420 e. The van der Waals surface area contributed by atoms with Crippen molar-refractivity contribution in [1.82, 2.24) is 15.3 Å². The first-order chi connectivity index (χ1) is 17.7. The lowest BCUT2D eigenvalue weighted by molar-refractivity contribution is -0.141. The average molecular weight is 522 g/mol. The molecule has 2 aliphatic heterocycles. The average Bonchev–Trinajstić information content (AvgIpc) is 3.36. The summed E-state index contributed by atoms with van der Waals surface area (Å²) in [6.07, 6.45) is 2.38. The molecule has 1 amide bonds. The Labute approximate surface area is 214 Å². The second-order valence-corrected chi connectivity index (χ2v) is 9.83. The van der Waals surface area contributed by atoms with E-state index in [1.807, 2.05) is 6.92 Å². The Hall–Kier alpha value is -3.11. The number of alkyl halides is 3. The molecule has 2 saturated heterocycles. The number of aromatic nitrogens is 2. The van der Waals surface area contributed by atoms with Crippen LogP contribution in [0.4, 0.5) is 25.0 Å². The molecule has 0 aromatic carbocycles. The minimum atomic E-state index is -4.78. The summed E-state index contributed by atoms with van der Waals surface area (Å²) < 4.78 is 46.2. The lowest BCUT2D eigenvalue weighted by atomic mass is 9.93. The molecule has 0 bridgehead atoms. The second kappa shape index (κ2) is 12.0. The predicted molar refractivity (Wildman–Crippen MR) is 133 cm³/mol. The number of hydrogen-bond acceptors (Lipinski definition) is 7. The Kier molecular flexibility index (Phi) is 8.71. The van der Waals surface area contributed by atoms with Gasteiger partial charge in [-0.2, -0.15) is 18.2 Å². The number of nitrogens with zero attached hydrogens (tertiary/aromatic N) is 4. The van der Waals surface area contributed by atoms with Crippen LogP contribution in [-0.4, -0.2) is 54.4 Å². The zero-order valence-electron chi connectivity index (χ0n) is 21.1. The molecule has 202 valence electrons. The fourth-order valence-corrected chi connectivity index (χ4v) is 4.85. The summed E-state index contributed by atoms with van der Waals surface area (Å²) in [5.74, 6) is -0.351. The number of rotatable bonds is 9. The fraction of sp³-hybridized carbons (Fsp3) is 0.615. The van der Waals surface area contributed by atoms with Crippen molar-refractivity contribution < 1.29 is 27.2 Å². The van der Waals surface area contributed by atoms with Gasteiger partial charge in [0.05, 0.1) is 0 Å². The van der Waals surface area contributed by atoms with Crippen LogP contribution in [0.5, 0.6) is 0 Å². The van der Waals surface area contributed by atoms with E-state index in [-0.39, 0.29) is 18.3 Å². The van der Waals surface area contributed by atoms with E-state index in [1.54, 1.807) is 17.0 Å². The molecule has 11 heteroatoms. The number of halogens is 3. The highest BCUT2D eigenvalue weighted by molar-refractivity contribution is 5.96. The molecule has 8 nitrogen and oxygen atoms in total. The van der Waals surface area contributed by atoms with E-state index in [2.05, 4.69) is 20.2 Å². The number of nitrogens with one attached hydrogen (secondary N) is 1. The molecular weight excluding hydrogens is 487 g/mol. The summed E-state index contributed by atoms with van der Waals surface area (Å²) in [4.78, 5) is 36.7. The highest BCUT2D eigenvalue weighted by Crippen LogP contribution is 2.35. The number of anilines is 2. The van der Waals surface area contributed by atoms with Crippen LogP contribution in [0.3, 0.4) is 0 Å². The third-order valence-electron chi connectivity index (χ3n) is 6.92. The van der Waals surface area contributed by atoms with Gasteiger partial charge < -0.3 is 19.5 Å². The summed E-state index contributed by atoms with van der Waals surface area (Å²) in [6.45, 7) is 5.37. The molecule has 0 spiro atoms. The second-order valence-electron chi connectivity index (χ2n) is 9.83. The molecule has 4 rings (SSSR count). The van der Waals surface area contributed by atoms with Crippen molar-refractivity contribution in [3.8, 4) is 0 Å². The number of ketones is 1. The van der Waals surface area contributed by atoms with Crippen molar-refractivity contribution in [2.24, 2.45) is 5.92 Å². The van der Waals surface area contributed by atoms with Crippen molar-refractivity contribution in [3.05, 3.63) is 35.3 Å². The number of amides is 1. The van der Waals surface area contributed by atoms with Gasteiger partial charge in [0.15, 0.2) is 5.69 Å². The Morgan fingerprint density at radius 2 is 1.81 bits per heavy atom. The van der Waals surface area contributed by atoms with Gasteiger partial charge in [-0.25, -0.2) is 4.98 Å². The van der Waals surface area contributed by atoms with Crippen LogP contribution in [0.25, 0.3) is 0 Å². The maximum Gasteiger partial charge on any atom is 0.437 e. The lowest BCUT2D eigenvalue weighted by Crippen LogP contribution is -2.36. The predicted octanol–water partition coefficient (Wildman–Crippen LogP) is 4.64. The third kappa shape index (κ3) is 7.01. The highest BCUT2D eigenvalue weighted by Gasteiger charge is 2.41. The van der Waals surface area contributed by atoms with E-state index in [9.17, 15) is 22.8 Å². The van der Waals surface area contributed by atoms with Gasteiger partial charge in [-0.1, -0.05) is 13.0 Å². The summed E-state index contributed by atoms with van der Waals surface area (Å²) in [6, 6.07) is 3.34. The number of hydrogen-bond donors (Lipinski definition) is 1. The zero-order chi connectivity index (χ0) is 26.4. The van der Waals surface area contributed by atoms with Crippen LogP contribution in [0, 0.1) is 5.92 Å². The minimum absolute atomic E-state index is 0.0935. The molecule has 37 heavy (non-hydrogen) atoms. The van der Waals surface area contributed by atoms with Crippen molar-refractivity contribution in [3.63, 3.8) is 0 Å². The van der Waals surface area contributed by atoms with E-state index in [4.69, 9.17) is 4.42 Å². The SMILES string of the molecule is CCCNC(=O)CC1CCN(c2ccc(CC(=O)c3oc(N4CCCCC4)nc3C(F)(F)F)cn2)CC1. The van der Waals surface area contributed by atoms with Gasteiger partial charge in [-0.3, -0.25) is 9.59 Å². The molecular formula is C26H34F3N5O3. The molecule has 0 atom stereocenters. The first kappa shape index (κ1) is 26.9. The molecule has 0 radical (unpaired) electrons. The first-order valence-corrected chi connectivity index (χ1v) is 13.1. The Bertz CT molecular complexity index is 1060. The van der Waals surface area contributed by atoms with Crippen molar-refractivity contribution in [2.45, 2.75) is 64.5 Å². The van der Waals surface area contributed by atoms with Gasteiger partial charge in [-0.05, 0) is 56.1 Å². The van der Waals surface area contributed by atoms with Gasteiger partial charge >= 0.3 is 6.18 Å². The van der Waals surface area contributed by atoms with Crippen molar-refractivity contribution in [1.29, 1.82) is 0 Å². The zero-order valence-corrected chi connectivity index (χ0v) is 21.1. The Morgan fingerprint density at radius 1 is 1.08 bits per heavy atom. The van der Waals surface area contributed by atoms with E-state index in [0.717, 1.165) is 57.4 Å². The summed E-state index contributed by atoms with van der Waals surface area (Å²) >= 11 is 0. The number of pyridine rings is 1. The van der Waals surface area contributed by atoms with Crippen LogP contribution < -0.4 is 15.1 Å². The molecule has 2 aromatic heterocycles. The lowest BCUT2D eigenvalue weighted by Gasteiger charge is -2.32. The van der Waals surface area contributed by atoms with Gasteiger partial charge in [0.25, 0.3) is 6.01 Å². The van der Waals surface area contributed by atoms with E-state index >= 15 is 0 Å². The number of carbonyl (C=O) groups is 2. The van der Waals surface area contributed by atoms with E-state index in [0.29, 0.717) is 37.5 Å². The van der Waals surface area contributed by atoms with Crippen molar-refractivity contribution in [2.75, 3.05) is 42.5 Å². The van der Waals surface area contributed by atoms with E-state index in [1.165, 1.54) is 6.20 Å². The standard InChI is InChI=1S/C26H34F3N5O3/c1-2-10-30-22(36)16-18-8-13-33(14-9-18)21-7-6-19(17-31-21)15-20(35)23-24(26(27,28)29)32-25(37-23)34-11-4-3-5-12-34/h6-7,17-18H,2-5,8-16H2,1H3,(H,30,36). The van der Waals surface area contributed by atoms with Gasteiger partial charge in [0.1, 0.15) is 5.82 Å². The monoisotopic (exact) mass is 521 g/mol. The molecule has 2 aliphatic rings. The molecule has 0 aliphatic carbocycles. The van der Waals surface area contributed by atoms with Gasteiger partial charge in [-0.15, -0.1) is 0 Å². The van der Waals surface area contributed by atoms with Crippen LogP contribution in [0.15, 0.2) is 22.7 Å². The molecule has 0 saturated carbocycles. The van der Waals surface area contributed by atoms with Crippen LogP contribution >= 0.6 is 0 Å². The smallest absolute Gasteiger partial charge is 0.420 e. The number of carbonyl (C=O) groups excluding carboxylic acids is 2. The molecule has 1 N–H and O–H groups in total. The first-order valence-electron chi connectivity index (χ1n) is 13.1. The quantitative estimate of drug-likeness (QED) is 0.481. The Morgan fingerprint density at radius 3 is 2.43 bits per heavy atom. The molecule has 4 heterocycles. The normalized spacial score (nSPS) is 17.2. The topological polar surface area (TPSA) is 91.6 Å². The molecule has 2 fully saturated rings. The summed E-state index contributed by atoms with van der Waals surface area (Å²) in [5, 5.41) is 2.92. The van der Waals surface area contributed by atoms with Crippen LogP contribution in [0.1, 0.15) is 73.7 Å². The van der Waals surface area contributed by atoms with Crippen molar-refractivity contribution >= 4 is 23.5 Å². The maximum absolute atomic E-state index is 13.6. The summed E-state index contributed by atoms with van der Waals surface area (Å²) in [7, 11) is 0. The fourth-order valence-electron chi connectivity index (χ4n) is 4.85. The van der Waals surface area contributed by atoms with Crippen LogP contribution in [0.2, 0.25) is 0 Å². The maximum atomic E-state index is 13.6.